The first-order valence-corrected chi connectivity index (χ1v) is 10.1. The fourth-order valence-electron chi connectivity index (χ4n) is 4.21. The first-order valence-electron chi connectivity index (χ1n) is 10.1. The molecular weight excluding hydrogens is 364 g/mol. The summed E-state index contributed by atoms with van der Waals surface area (Å²) in [5.41, 5.74) is 0.526. The van der Waals surface area contributed by atoms with Gasteiger partial charge in [0, 0.05) is 37.9 Å². The van der Waals surface area contributed by atoms with Crippen molar-refractivity contribution in [2.45, 2.75) is 71.1 Å². The van der Waals surface area contributed by atoms with Gasteiger partial charge in [0.05, 0.1) is 12.1 Å². The highest BCUT2D eigenvalue weighted by atomic mass is 35.5. The van der Waals surface area contributed by atoms with Gasteiger partial charge in [0.15, 0.2) is 0 Å². The molecule has 3 atom stereocenters. The average molecular weight is 399 g/mol. The molecule has 2 heterocycles. The lowest BCUT2D eigenvalue weighted by molar-refractivity contribution is -0.140. The maximum atomic E-state index is 12.9. The number of carbonyl (C=O) groups excluding carboxylic acids is 1. The quantitative estimate of drug-likeness (QED) is 0.716. The number of aromatic nitrogens is 2. The van der Waals surface area contributed by atoms with Crippen LogP contribution < -0.4 is 5.32 Å². The molecule has 3 unspecified atom stereocenters. The number of unbranched alkanes of at least 4 members (excludes halogenated alkanes) is 1. The summed E-state index contributed by atoms with van der Waals surface area (Å²) in [5.74, 6) is 0.0117. The summed E-state index contributed by atoms with van der Waals surface area (Å²) in [6, 6.07) is 2.41. The van der Waals surface area contributed by atoms with E-state index in [4.69, 9.17) is 4.74 Å². The molecule has 1 aliphatic heterocycles. The van der Waals surface area contributed by atoms with Crippen molar-refractivity contribution >= 4 is 18.3 Å². The van der Waals surface area contributed by atoms with Gasteiger partial charge in [-0.2, -0.15) is 5.10 Å². The Balaban J connectivity index is 0.00000261. The van der Waals surface area contributed by atoms with Crippen LogP contribution in [0.2, 0.25) is 0 Å². The summed E-state index contributed by atoms with van der Waals surface area (Å²) in [7, 11) is 1.90. The van der Waals surface area contributed by atoms with Crippen LogP contribution in [0.25, 0.3) is 0 Å². The number of rotatable bonds is 7. The lowest BCUT2D eigenvalue weighted by Gasteiger charge is -2.54. The van der Waals surface area contributed by atoms with Crippen molar-refractivity contribution in [2.75, 3.05) is 26.7 Å². The topological polar surface area (TPSA) is 59.4 Å². The summed E-state index contributed by atoms with van der Waals surface area (Å²) in [5, 5.41) is 7.97. The molecule has 0 bridgehead atoms. The van der Waals surface area contributed by atoms with Crippen molar-refractivity contribution in [1.82, 2.24) is 20.0 Å². The van der Waals surface area contributed by atoms with Crippen LogP contribution in [0, 0.1) is 5.41 Å². The van der Waals surface area contributed by atoms with Gasteiger partial charge in [-0.3, -0.25) is 9.48 Å². The maximum Gasteiger partial charge on any atom is 0.274 e. The van der Waals surface area contributed by atoms with E-state index in [0.717, 1.165) is 51.8 Å². The highest BCUT2D eigenvalue weighted by Gasteiger charge is 2.52. The number of amides is 1. The minimum absolute atomic E-state index is 0. The zero-order chi connectivity index (χ0) is 18.7. The lowest BCUT2D eigenvalue weighted by Crippen LogP contribution is -2.62. The second-order valence-electron chi connectivity index (χ2n) is 8.38. The fourth-order valence-corrected chi connectivity index (χ4v) is 4.21. The Labute approximate surface area is 169 Å². The van der Waals surface area contributed by atoms with E-state index < -0.39 is 0 Å². The van der Waals surface area contributed by atoms with E-state index in [1.807, 2.05) is 28.9 Å². The number of hydrogen-bond donors (Lipinski definition) is 1. The molecule has 154 valence electrons. The largest absolute Gasteiger partial charge is 0.378 e. The lowest BCUT2D eigenvalue weighted by atomic mass is 9.63. The molecule has 2 aliphatic rings. The summed E-state index contributed by atoms with van der Waals surface area (Å²) in [4.78, 5) is 14.8. The van der Waals surface area contributed by atoms with Gasteiger partial charge in [-0.1, -0.05) is 27.2 Å². The van der Waals surface area contributed by atoms with Gasteiger partial charge in [-0.15, -0.1) is 12.4 Å². The van der Waals surface area contributed by atoms with Gasteiger partial charge >= 0.3 is 0 Å². The number of nitrogens with one attached hydrogen (secondary N) is 1. The summed E-state index contributed by atoms with van der Waals surface area (Å²) < 4.78 is 7.97. The van der Waals surface area contributed by atoms with Crippen molar-refractivity contribution in [3.05, 3.63) is 18.0 Å². The van der Waals surface area contributed by atoms with E-state index in [9.17, 15) is 4.79 Å². The number of hydrogen-bond acceptors (Lipinski definition) is 4. The molecular formula is C20H35ClN4O2. The van der Waals surface area contributed by atoms with Gasteiger partial charge in [0.25, 0.3) is 5.91 Å². The fraction of sp³-hybridized carbons (Fsp3) is 0.800. The third-order valence-electron chi connectivity index (χ3n) is 6.20. The molecule has 1 aliphatic carbocycles. The standard InChI is InChI=1S/C20H34N4O2.ClH/c1-5-6-12-26-18-13-17(20(18,2)3)23(4)19(25)16-9-11-24(22-16)15-8-7-10-21-14-15;/h9,11,15,17-18,21H,5-8,10,12-14H2,1-4H3;1H. The highest BCUT2D eigenvalue weighted by Crippen LogP contribution is 2.45. The first kappa shape index (κ1) is 22.2. The smallest absolute Gasteiger partial charge is 0.274 e. The zero-order valence-electron chi connectivity index (χ0n) is 17.1. The molecule has 1 aromatic rings. The Morgan fingerprint density at radius 3 is 2.89 bits per heavy atom. The molecule has 7 heteroatoms. The minimum Gasteiger partial charge on any atom is -0.378 e. The van der Waals surface area contributed by atoms with E-state index in [-0.39, 0.29) is 35.9 Å². The van der Waals surface area contributed by atoms with Crippen molar-refractivity contribution in [3.63, 3.8) is 0 Å². The normalized spacial score (nSPS) is 26.7. The molecule has 1 saturated carbocycles. The molecule has 1 N–H and O–H groups in total. The number of halogens is 1. The molecule has 1 amide bonds. The minimum atomic E-state index is -0.0198. The Bertz CT molecular complexity index is 613. The van der Waals surface area contributed by atoms with Crippen LogP contribution >= 0.6 is 12.4 Å². The van der Waals surface area contributed by atoms with Crippen LogP contribution in [0.4, 0.5) is 0 Å². The predicted molar refractivity (Wildman–Crippen MR) is 110 cm³/mol. The van der Waals surface area contributed by atoms with Crippen LogP contribution in [0.15, 0.2) is 12.3 Å². The molecule has 1 saturated heterocycles. The molecule has 0 aromatic carbocycles. The summed E-state index contributed by atoms with van der Waals surface area (Å²) >= 11 is 0. The Morgan fingerprint density at radius 2 is 2.26 bits per heavy atom. The van der Waals surface area contributed by atoms with Gasteiger partial charge in [-0.25, -0.2) is 0 Å². The molecule has 0 radical (unpaired) electrons. The van der Waals surface area contributed by atoms with Crippen LogP contribution in [0.1, 0.15) is 69.4 Å². The third kappa shape index (κ3) is 4.66. The van der Waals surface area contributed by atoms with Crippen LogP contribution in [-0.4, -0.2) is 59.5 Å². The first-order chi connectivity index (χ1) is 12.4. The number of carbonyl (C=O) groups is 1. The van der Waals surface area contributed by atoms with Crippen molar-refractivity contribution in [2.24, 2.45) is 5.41 Å². The van der Waals surface area contributed by atoms with E-state index in [2.05, 4.69) is 31.2 Å². The van der Waals surface area contributed by atoms with E-state index in [1.54, 1.807) is 0 Å². The summed E-state index contributed by atoms with van der Waals surface area (Å²) in [6.45, 7) is 9.39. The molecule has 1 aromatic heterocycles. The second-order valence-corrected chi connectivity index (χ2v) is 8.38. The van der Waals surface area contributed by atoms with Crippen molar-refractivity contribution in [1.29, 1.82) is 0 Å². The Morgan fingerprint density at radius 1 is 1.48 bits per heavy atom. The van der Waals surface area contributed by atoms with Crippen molar-refractivity contribution < 1.29 is 9.53 Å². The van der Waals surface area contributed by atoms with Crippen LogP contribution in [-0.2, 0) is 4.74 Å². The van der Waals surface area contributed by atoms with E-state index >= 15 is 0 Å². The Kier molecular flexibility index (Phi) is 7.72. The SMILES string of the molecule is CCCCOC1CC(N(C)C(=O)c2ccn(C3CCCNC3)n2)C1(C)C.Cl. The summed E-state index contributed by atoms with van der Waals surface area (Å²) in [6.07, 6.45) is 7.61. The molecule has 2 fully saturated rings. The van der Waals surface area contributed by atoms with Crippen LogP contribution in [0.5, 0.6) is 0 Å². The number of piperidine rings is 1. The number of nitrogens with zero attached hydrogens (tertiary/aromatic N) is 3. The average Bonchev–Trinajstić information content (AvgIpc) is 3.14. The van der Waals surface area contributed by atoms with Crippen molar-refractivity contribution in [3.8, 4) is 0 Å². The monoisotopic (exact) mass is 398 g/mol. The van der Waals surface area contributed by atoms with Gasteiger partial charge in [0.2, 0.25) is 0 Å². The molecule has 3 rings (SSSR count). The molecule has 6 nitrogen and oxygen atoms in total. The Hall–Kier alpha value is -1.11. The molecule has 27 heavy (non-hydrogen) atoms. The van der Waals surface area contributed by atoms with Gasteiger partial charge in [-0.05, 0) is 38.3 Å². The predicted octanol–water partition coefficient (Wildman–Crippen LogP) is 3.29. The zero-order valence-corrected chi connectivity index (χ0v) is 17.9. The third-order valence-corrected chi connectivity index (χ3v) is 6.20. The maximum absolute atomic E-state index is 12.9. The van der Waals surface area contributed by atoms with Gasteiger partial charge < -0.3 is 15.0 Å². The number of ether oxygens (including phenoxy) is 1. The van der Waals surface area contributed by atoms with Crippen LogP contribution in [0.3, 0.4) is 0 Å². The van der Waals surface area contributed by atoms with Gasteiger partial charge in [0.1, 0.15) is 5.69 Å². The van der Waals surface area contributed by atoms with E-state index in [0.29, 0.717) is 11.7 Å². The second kappa shape index (κ2) is 9.39. The molecule has 0 spiro atoms. The van der Waals surface area contributed by atoms with E-state index in [1.165, 1.54) is 0 Å². The highest BCUT2D eigenvalue weighted by molar-refractivity contribution is 5.92.